The second-order valence-electron chi connectivity index (χ2n) is 10.9. The first-order valence-electron chi connectivity index (χ1n) is 15.1. The van der Waals surface area contributed by atoms with Gasteiger partial charge in [-0.2, -0.15) is 0 Å². The van der Waals surface area contributed by atoms with Gasteiger partial charge in [-0.1, -0.05) is 13.0 Å². The Bertz CT molecular complexity index is 1960. The Balaban J connectivity index is 1.43. The van der Waals surface area contributed by atoms with Gasteiger partial charge in [0.15, 0.2) is 0 Å². The molecule has 4 aromatic rings. The fourth-order valence-electron chi connectivity index (χ4n) is 5.32. The summed E-state index contributed by atoms with van der Waals surface area (Å²) < 4.78 is 17.8. The molecule has 1 aliphatic heterocycles. The van der Waals surface area contributed by atoms with Crippen molar-refractivity contribution >= 4 is 29.2 Å². The van der Waals surface area contributed by atoms with Gasteiger partial charge in [-0.15, -0.1) is 0 Å². The number of benzene rings is 1. The zero-order chi connectivity index (χ0) is 32.8. The van der Waals surface area contributed by atoms with Gasteiger partial charge in [-0.25, -0.2) is 19.2 Å². The van der Waals surface area contributed by atoms with Gasteiger partial charge in [0.1, 0.15) is 17.5 Å². The second-order valence-corrected chi connectivity index (χ2v) is 10.9. The molecule has 4 heterocycles. The van der Waals surface area contributed by atoms with E-state index in [4.69, 9.17) is 0 Å². The number of hydrogen-bond donors (Lipinski definition) is 1. The summed E-state index contributed by atoms with van der Waals surface area (Å²) in [6.45, 7) is 4.47. The van der Waals surface area contributed by atoms with Gasteiger partial charge in [0, 0.05) is 75.7 Å². The third kappa shape index (κ3) is 6.93. The van der Waals surface area contributed by atoms with Gasteiger partial charge >= 0.3 is 5.69 Å². The van der Waals surface area contributed by atoms with E-state index < -0.39 is 17.1 Å². The van der Waals surface area contributed by atoms with Crippen LogP contribution in [0.25, 0.3) is 0 Å². The number of carbonyl (C=O) groups excluding carboxylic acids is 2. The van der Waals surface area contributed by atoms with Gasteiger partial charge in [0.05, 0.1) is 11.3 Å². The number of nitrogens with one attached hydrogen (secondary N) is 1. The van der Waals surface area contributed by atoms with Crippen molar-refractivity contribution in [2.24, 2.45) is 4.99 Å². The molecule has 0 radical (unpaired) electrons. The van der Waals surface area contributed by atoms with Crippen molar-refractivity contribution in [3.8, 4) is 0 Å². The average molecular weight is 628 g/mol. The van der Waals surface area contributed by atoms with Crippen LogP contribution in [0.1, 0.15) is 48.2 Å². The van der Waals surface area contributed by atoms with E-state index in [2.05, 4.69) is 15.3 Å². The molecule has 2 amide bonds. The summed E-state index contributed by atoms with van der Waals surface area (Å²) in [6, 6.07) is 13.5. The zero-order valence-electron chi connectivity index (χ0n) is 25.6. The minimum atomic E-state index is -0.484. The van der Waals surface area contributed by atoms with Crippen molar-refractivity contribution in [1.82, 2.24) is 24.0 Å². The second kappa shape index (κ2) is 14.1. The van der Waals surface area contributed by atoms with Crippen LogP contribution in [-0.4, -0.2) is 49.3 Å². The smallest absolute Gasteiger partial charge is 0.332 e. The number of rotatable bonds is 12. The predicted molar refractivity (Wildman–Crippen MR) is 171 cm³/mol. The SMILES string of the molecule is CCCn1c(=O)c2c(n(CCNC(C)=O)c1=O)N=C(c1ccc(N(CCCn3ccccc3=O)C(=O)c3ccc(F)cc3)nc1)C2. The lowest BCUT2D eigenvalue weighted by Crippen LogP contribution is -2.42. The summed E-state index contributed by atoms with van der Waals surface area (Å²) in [4.78, 5) is 74.3. The third-order valence-corrected chi connectivity index (χ3v) is 7.61. The first-order chi connectivity index (χ1) is 22.2. The topological polar surface area (TPSA) is 141 Å². The molecule has 5 rings (SSSR count). The number of fused-ring (bicyclic) bond motifs is 1. The van der Waals surface area contributed by atoms with E-state index in [0.29, 0.717) is 42.0 Å². The molecule has 0 spiro atoms. The molecule has 1 aliphatic rings. The summed E-state index contributed by atoms with van der Waals surface area (Å²) in [7, 11) is 0. The van der Waals surface area contributed by atoms with Crippen molar-refractivity contribution in [1.29, 1.82) is 0 Å². The van der Waals surface area contributed by atoms with Crippen LogP contribution in [-0.2, 0) is 30.8 Å². The number of pyridine rings is 2. The van der Waals surface area contributed by atoms with Crippen LogP contribution in [0.5, 0.6) is 0 Å². The quantitative estimate of drug-likeness (QED) is 0.256. The summed E-state index contributed by atoms with van der Waals surface area (Å²) >= 11 is 0. The van der Waals surface area contributed by atoms with E-state index in [1.165, 1.54) is 51.3 Å². The van der Waals surface area contributed by atoms with Crippen LogP contribution in [0.2, 0.25) is 0 Å². The van der Waals surface area contributed by atoms with Crippen molar-refractivity contribution in [3.63, 3.8) is 0 Å². The molecule has 3 aromatic heterocycles. The predicted octanol–water partition coefficient (Wildman–Crippen LogP) is 2.67. The Hall–Kier alpha value is -5.46. The largest absolute Gasteiger partial charge is 0.355 e. The number of amides is 2. The molecule has 12 nitrogen and oxygen atoms in total. The van der Waals surface area contributed by atoms with Crippen molar-refractivity contribution in [2.45, 2.75) is 52.7 Å². The highest BCUT2D eigenvalue weighted by Crippen LogP contribution is 2.26. The molecule has 46 heavy (non-hydrogen) atoms. The van der Waals surface area contributed by atoms with Gasteiger partial charge in [0.2, 0.25) is 11.5 Å². The number of carbonyl (C=O) groups is 2. The summed E-state index contributed by atoms with van der Waals surface area (Å²) in [6.07, 6.45) is 4.45. The Morgan fingerprint density at radius 3 is 2.43 bits per heavy atom. The van der Waals surface area contributed by atoms with E-state index in [1.54, 1.807) is 41.2 Å². The van der Waals surface area contributed by atoms with Gasteiger partial charge in [-0.05, 0) is 55.3 Å². The summed E-state index contributed by atoms with van der Waals surface area (Å²) in [5.74, 6) is -0.480. The van der Waals surface area contributed by atoms with Crippen LogP contribution >= 0.6 is 0 Å². The Morgan fingerprint density at radius 1 is 0.978 bits per heavy atom. The number of halogens is 1. The summed E-state index contributed by atoms with van der Waals surface area (Å²) in [5.41, 5.74) is 0.776. The molecule has 1 N–H and O–H groups in total. The first-order valence-corrected chi connectivity index (χ1v) is 15.1. The van der Waals surface area contributed by atoms with E-state index in [1.807, 2.05) is 6.92 Å². The highest BCUT2D eigenvalue weighted by atomic mass is 19.1. The van der Waals surface area contributed by atoms with Gasteiger partial charge in [-0.3, -0.25) is 33.2 Å². The standard InChI is InChI=1S/C33H34FN7O5/c1-3-15-41-32(45)26-20-27(37-30(26)40(33(41)46)19-14-35-22(2)42)24-10-13-28(36-21-24)39(31(44)23-8-11-25(34)12-9-23)18-6-17-38-16-5-4-7-29(38)43/h4-5,7-13,16,21H,3,6,14-15,17-20H2,1-2H3,(H,35,42). The maximum absolute atomic E-state index is 13.6. The molecule has 0 saturated heterocycles. The van der Waals surface area contributed by atoms with Gasteiger partial charge in [0.25, 0.3) is 11.5 Å². The van der Waals surface area contributed by atoms with E-state index in [0.717, 1.165) is 0 Å². The molecule has 0 aliphatic carbocycles. The van der Waals surface area contributed by atoms with E-state index in [-0.39, 0.29) is 61.4 Å². The van der Waals surface area contributed by atoms with Crippen LogP contribution < -0.4 is 27.0 Å². The van der Waals surface area contributed by atoms with E-state index >= 15 is 0 Å². The number of aryl methyl sites for hydroxylation is 1. The number of aliphatic imine (C=N–C) groups is 1. The molecular formula is C33H34FN7O5. The lowest BCUT2D eigenvalue weighted by Gasteiger charge is -2.22. The number of anilines is 1. The summed E-state index contributed by atoms with van der Waals surface area (Å²) in [5, 5.41) is 2.68. The Kier molecular flexibility index (Phi) is 9.79. The van der Waals surface area contributed by atoms with Crippen molar-refractivity contribution in [2.75, 3.05) is 18.0 Å². The minimum Gasteiger partial charge on any atom is -0.355 e. The van der Waals surface area contributed by atoms with Crippen LogP contribution in [0.4, 0.5) is 16.0 Å². The number of nitrogens with zero attached hydrogens (tertiary/aromatic N) is 6. The fourth-order valence-corrected chi connectivity index (χ4v) is 5.32. The first kappa shape index (κ1) is 31.9. The Labute approximate surface area is 263 Å². The molecule has 1 aromatic carbocycles. The normalized spacial score (nSPS) is 12.0. The third-order valence-electron chi connectivity index (χ3n) is 7.61. The monoisotopic (exact) mass is 627 g/mol. The fraction of sp³-hybridized carbons (Fsp3) is 0.303. The molecule has 0 unspecified atom stereocenters. The lowest BCUT2D eigenvalue weighted by atomic mass is 10.1. The van der Waals surface area contributed by atoms with Crippen molar-refractivity contribution in [3.05, 3.63) is 121 Å². The minimum absolute atomic E-state index is 0.147. The van der Waals surface area contributed by atoms with Gasteiger partial charge < -0.3 is 9.88 Å². The highest BCUT2D eigenvalue weighted by Gasteiger charge is 2.27. The molecule has 0 atom stereocenters. The Morgan fingerprint density at radius 2 is 1.76 bits per heavy atom. The molecule has 0 saturated carbocycles. The number of aromatic nitrogens is 4. The maximum atomic E-state index is 13.6. The van der Waals surface area contributed by atoms with E-state index in [9.17, 15) is 28.4 Å². The molecule has 0 fully saturated rings. The molecule has 238 valence electrons. The van der Waals surface area contributed by atoms with Crippen molar-refractivity contribution < 1.29 is 14.0 Å². The zero-order valence-corrected chi connectivity index (χ0v) is 25.6. The average Bonchev–Trinajstić information content (AvgIpc) is 3.49. The molecular weight excluding hydrogens is 593 g/mol. The van der Waals surface area contributed by atoms with Crippen LogP contribution in [0.3, 0.4) is 0 Å². The van der Waals surface area contributed by atoms with Crippen LogP contribution in [0, 0.1) is 5.82 Å². The highest BCUT2D eigenvalue weighted by molar-refractivity contribution is 6.07. The molecule has 13 heteroatoms. The number of hydrogen-bond acceptors (Lipinski definition) is 7. The maximum Gasteiger partial charge on any atom is 0.332 e. The van der Waals surface area contributed by atoms with Crippen LogP contribution in [0.15, 0.2) is 86.4 Å². The molecule has 0 bridgehead atoms. The lowest BCUT2D eigenvalue weighted by molar-refractivity contribution is -0.118.